The molecule has 3 aromatic heterocycles. The minimum atomic E-state index is -0.440. The first-order valence-corrected chi connectivity index (χ1v) is 13.6. The first kappa shape index (κ1) is 25.8. The van der Waals surface area contributed by atoms with E-state index in [1.54, 1.807) is 36.0 Å². The standard InChI is InChI=1S/C28H32FN5O5/c1-33-27-26(34(28(33)35)19-8-13-36-14-9-19)21-15-20(22(29)16-23(21)31-32-27)18-6-7-24(30-17-18)37-11-4-12-39-25-5-2-3-10-38-25/h6-7,15-17,19,25H,2-5,8-14H2,1H3. The Labute approximate surface area is 224 Å². The van der Waals surface area contributed by atoms with E-state index in [9.17, 15) is 4.79 Å². The molecule has 0 aliphatic carbocycles. The molecule has 2 saturated heterocycles. The molecule has 1 unspecified atom stereocenters. The number of aromatic nitrogens is 5. The highest BCUT2D eigenvalue weighted by Gasteiger charge is 2.25. The van der Waals surface area contributed by atoms with Crippen LogP contribution in [0.15, 0.2) is 35.3 Å². The summed E-state index contributed by atoms with van der Waals surface area (Å²) in [7, 11) is 1.68. The number of nitrogens with zero attached hydrogens (tertiary/aromatic N) is 5. The number of imidazole rings is 1. The van der Waals surface area contributed by atoms with Crippen LogP contribution in [0.5, 0.6) is 5.88 Å². The Bertz CT molecular complexity index is 1510. The lowest BCUT2D eigenvalue weighted by atomic mass is 10.0. The van der Waals surface area contributed by atoms with E-state index in [4.69, 9.17) is 18.9 Å². The van der Waals surface area contributed by atoms with Crippen molar-refractivity contribution in [2.24, 2.45) is 7.05 Å². The third kappa shape index (κ3) is 5.26. The number of fused-ring (bicyclic) bond motifs is 3. The van der Waals surface area contributed by atoms with E-state index in [-0.39, 0.29) is 18.0 Å². The average molecular weight is 538 g/mol. The number of halogens is 1. The number of benzene rings is 1. The summed E-state index contributed by atoms with van der Waals surface area (Å²) in [4.78, 5) is 17.6. The normalized spacial score (nSPS) is 18.7. The minimum absolute atomic E-state index is 0.0189. The van der Waals surface area contributed by atoms with Gasteiger partial charge in [0.15, 0.2) is 11.9 Å². The van der Waals surface area contributed by atoms with Crippen molar-refractivity contribution < 1.29 is 23.3 Å². The van der Waals surface area contributed by atoms with Gasteiger partial charge in [-0.15, -0.1) is 10.2 Å². The summed E-state index contributed by atoms with van der Waals surface area (Å²) in [6, 6.07) is 6.59. The molecule has 4 aromatic rings. The molecular formula is C28H32FN5O5. The molecule has 6 rings (SSSR count). The van der Waals surface area contributed by atoms with Crippen LogP contribution in [0.25, 0.3) is 33.2 Å². The Balaban J connectivity index is 1.23. The fraction of sp³-hybridized carbons (Fsp3) is 0.500. The zero-order valence-electron chi connectivity index (χ0n) is 22.0. The molecular weight excluding hydrogens is 505 g/mol. The topological polar surface area (TPSA) is 103 Å². The van der Waals surface area contributed by atoms with Gasteiger partial charge in [0, 0.05) is 74.2 Å². The zero-order valence-corrected chi connectivity index (χ0v) is 22.0. The van der Waals surface area contributed by atoms with E-state index >= 15 is 4.39 Å². The Kier molecular flexibility index (Phi) is 7.53. The average Bonchev–Trinajstić information content (AvgIpc) is 3.23. The fourth-order valence-corrected chi connectivity index (χ4v) is 5.34. The number of rotatable bonds is 8. The second-order valence-electron chi connectivity index (χ2n) is 10.0. The van der Waals surface area contributed by atoms with Crippen molar-refractivity contribution >= 4 is 22.1 Å². The highest BCUT2D eigenvalue weighted by atomic mass is 19.1. The summed E-state index contributed by atoms with van der Waals surface area (Å²) in [5.41, 5.74) is 2.33. The Hall–Kier alpha value is -3.41. The van der Waals surface area contributed by atoms with Gasteiger partial charge >= 0.3 is 5.69 Å². The molecule has 5 heterocycles. The monoisotopic (exact) mass is 537 g/mol. The molecule has 2 aliphatic rings. The van der Waals surface area contributed by atoms with Crippen LogP contribution in [0.2, 0.25) is 0 Å². The van der Waals surface area contributed by atoms with Crippen LogP contribution in [0, 0.1) is 5.82 Å². The van der Waals surface area contributed by atoms with Crippen LogP contribution in [0.1, 0.15) is 44.6 Å². The predicted octanol–water partition coefficient (Wildman–Crippen LogP) is 4.15. The second kappa shape index (κ2) is 11.4. The lowest BCUT2D eigenvalue weighted by molar-refractivity contribution is -0.163. The van der Waals surface area contributed by atoms with Gasteiger partial charge in [-0.1, -0.05) is 0 Å². The van der Waals surface area contributed by atoms with E-state index in [2.05, 4.69) is 15.2 Å². The summed E-state index contributed by atoms with van der Waals surface area (Å²) in [6.45, 7) is 2.95. The lowest BCUT2D eigenvalue weighted by Gasteiger charge is -2.23. The Morgan fingerprint density at radius 1 is 1.08 bits per heavy atom. The van der Waals surface area contributed by atoms with Crippen molar-refractivity contribution in [1.29, 1.82) is 0 Å². The van der Waals surface area contributed by atoms with Crippen molar-refractivity contribution in [3.05, 3.63) is 46.8 Å². The van der Waals surface area contributed by atoms with Gasteiger partial charge in [-0.25, -0.2) is 14.2 Å². The summed E-state index contributed by atoms with van der Waals surface area (Å²) in [5, 5.41) is 9.14. The first-order valence-electron chi connectivity index (χ1n) is 13.6. The molecule has 0 radical (unpaired) electrons. The lowest BCUT2D eigenvalue weighted by Crippen LogP contribution is -2.29. The van der Waals surface area contributed by atoms with E-state index in [1.807, 2.05) is 0 Å². The SMILES string of the molecule is Cn1c(=O)n(C2CCOCC2)c2c3cc(-c4ccc(OCCCOC5CCCCO5)nc4)c(F)cc3nnc21. The van der Waals surface area contributed by atoms with Gasteiger partial charge in [0.1, 0.15) is 11.3 Å². The molecule has 0 bridgehead atoms. The highest BCUT2D eigenvalue weighted by molar-refractivity contribution is 6.02. The maximum Gasteiger partial charge on any atom is 0.330 e. The molecule has 2 fully saturated rings. The predicted molar refractivity (Wildman–Crippen MR) is 142 cm³/mol. The maximum atomic E-state index is 15.2. The number of hydrogen-bond acceptors (Lipinski definition) is 8. The summed E-state index contributed by atoms with van der Waals surface area (Å²) in [5.74, 6) is 0.0168. The van der Waals surface area contributed by atoms with Gasteiger partial charge < -0.3 is 18.9 Å². The van der Waals surface area contributed by atoms with Gasteiger partial charge in [-0.3, -0.25) is 9.13 Å². The molecule has 11 heteroatoms. The van der Waals surface area contributed by atoms with E-state index in [1.165, 1.54) is 10.6 Å². The van der Waals surface area contributed by atoms with Gasteiger partial charge in [0.2, 0.25) is 5.88 Å². The molecule has 2 aliphatic heterocycles. The molecule has 0 amide bonds. The van der Waals surface area contributed by atoms with Crippen LogP contribution in [0.4, 0.5) is 4.39 Å². The van der Waals surface area contributed by atoms with Gasteiger partial charge in [-0.2, -0.15) is 0 Å². The van der Waals surface area contributed by atoms with Crippen molar-refractivity contribution in [2.45, 2.75) is 50.9 Å². The second-order valence-corrected chi connectivity index (χ2v) is 10.0. The van der Waals surface area contributed by atoms with Crippen LogP contribution in [0.3, 0.4) is 0 Å². The van der Waals surface area contributed by atoms with Crippen molar-refractivity contribution in [2.75, 3.05) is 33.0 Å². The largest absolute Gasteiger partial charge is 0.478 e. The summed E-state index contributed by atoms with van der Waals surface area (Å²) < 4.78 is 41.1. The number of ether oxygens (including phenoxy) is 4. The van der Waals surface area contributed by atoms with E-state index < -0.39 is 5.82 Å². The molecule has 10 nitrogen and oxygen atoms in total. The van der Waals surface area contributed by atoms with Crippen LogP contribution in [-0.4, -0.2) is 63.6 Å². The maximum absolute atomic E-state index is 15.2. The number of hydrogen-bond donors (Lipinski definition) is 0. The Morgan fingerprint density at radius 2 is 1.95 bits per heavy atom. The summed E-state index contributed by atoms with van der Waals surface area (Å²) in [6.07, 6.45) is 6.81. The summed E-state index contributed by atoms with van der Waals surface area (Å²) >= 11 is 0. The highest BCUT2D eigenvalue weighted by Crippen LogP contribution is 2.32. The number of aryl methyl sites for hydroxylation is 1. The third-order valence-electron chi connectivity index (χ3n) is 7.44. The van der Waals surface area contributed by atoms with Crippen LogP contribution in [-0.2, 0) is 21.3 Å². The third-order valence-corrected chi connectivity index (χ3v) is 7.44. The van der Waals surface area contributed by atoms with Crippen molar-refractivity contribution in [3.63, 3.8) is 0 Å². The molecule has 0 spiro atoms. The molecule has 0 saturated carbocycles. The van der Waals surface area contributed by atoms with Gasteiger partial charge in [0.05, 0.1) is 18.7 Å². The quantitative estimate of drug-likeness (QED) is 0.309. The Morgan fingerprint density at radius 3 is 2.72 bits per heavy atom. The van der Waals surface area contributed by atoms with E-state index in [0.29, 0.717) is 71.9 Å². The minimum Gasteiger partial charge on any atom is -0.478 e. The zero-order chi connectivity index (χ0) is 26.8. The molecule has 0 N–H and O–H groups in total. The van der Waals surface area contributed by atoms with Gasteiger partial charge in [-0.05, 0) is 44.2 Å². The van der Waals surface area contributed by atoms with Crippen LogP contribution < -0.4 is 10.4 Å². The van der Waals surface area contributed by atoms with Crippen molar-refractivity contribution in [3.8, 4) is 17.0 Å². The fourth-order valence-electron chi connectivity index (χ4n) is 5.34. The number of pyridine rings is 1. The first-order chi connectivity index (χ1) is 19.1. The smallest absolute Gasteiger partial charge is 0.330 e. The van der Waals surface area contributed by atoms with Crippen molar-refractivity contribution in [1.82, 2.24) is 24.3 Å². The molecule has 39 heavy (non-hydrogen) atoms. The molecule has 1 atom stereocenters. The molecule has 206 valence electrons. The van der Waals surface area contributed by atoms with Gasteiger partial charge in [0.25, 0.3) is 0 Å². The molecule has 1 aromatic carbocycles. The van der Waals surface area contributed by atoms with Crippen LogP contribution >= 0.6 is 0 Å². The van der Waals surface area contributed by atoms with E-state index in [0.717, 1.165) is 38.7 Å².